The third kappa shape index (κ3) is 2.87. The number of hydrogen-bond acceptors (Lipinski definition) is 6. The van der Waals surface area contributed by atoms with Gasteiger partial charge in [-0.2, -0.15) is 4.31 Å². The number of sulfonamides is 1. The van der Waals surface area contributed by atoms with E-state index in [1.807, 2.05) is 13.8 Å². The summed E-state index contributed by atoms with van der Waals surface area (Å²) in [5, 5.41) is 0. The molecule has 112 valence electrons. The van der Waals surface area contributed by atoms with E-state index in [0.29, 0.717) is 13.1 Å². The van der Waals surface area contributed by atoms with Gasteiger partial charge in [0.15, 0.2) is 9.90 Å². The van der Waals surface area contributed by atoms with Crippen LogP contribution in [-0.2, 0) is 14.8 Å². The summed E-state index contributed by atoms with van der Waals surface area (Å²) in [6.45, 7) is 5.02. The second kappa shape index (κ2) is 5.42. The van der Waals surface area contributed by atoms with Gasteiger partial charge in [0.05, 0.1) is 12.6 Å². The first-order valence-electron chi connectivity index (χ1n) is 6.30. The molecule has 20 heavy (non-hydrogen) atoms. The summed E-state index contributed by atoms with van der Waals surface area (Å²) in [6.07, 6.45) is 1.81. The third-order valence-electron chi connectivity index (χ3n) is 3.35. The van der Waals surface area contributed by atoms with Crippen molar-refractivity contribution in [3.8, 4) is 0 Å². The average Bonchev–Trinajstić information content (AvgIpc) is 2.86. The van der Waals surface area contributed by atoms with Crippen molar-refractivity contribution in [3.63, 3.8) is 0 Å². The molecule has 1 saturated heterocycles. The molecule has 6 nitrogen and oxygen atoms in total. The van der Waals surface area contributed by atoms with E-state index in [9.17, 15) is 13.2 Å². The summed E-state index contributed by atoms with van der Waals surface area (Å²) in [7, 11) is -2.48. The van der Waals surface area contributed by atoms with Gasteiger partial charge in [0.1, 0.15) is 0 Å². The summed E-state index contributed by atoms with van der Waals surface area (Å²) >= 11 is 0.952. The van der Waals surface area contributed by atoms with E-state index >= 15 is 0 Å². The van der Waals surface area contributed by atoms with E-state index in [0.717, 1.165) is 24.2 Å². The maximum atomic E-state index is 12.7. The van der Waals surface area contributed by atoms with Gasteiger partial charge in [-0.05, 0) is 18.3 Å². The van der Waals surface area contributed by atoms with E-state index in [-0.39, 0.29) is 15.3 Å². The van der Waals surface area contributed by atoms with E-state index in [1.54, 1.807) is 0 Å². The van der Waals surface area contributed by atoms with E-state index in [1.165, 1.54) is 16.9 Å². The summed E-state index contributed by atoms with van der Waals surface area (Å²) in [5.74, 6) is -0.721. The van der Waals surface area contributed by atoms with Crippen LogP contribution in [0.25, 0.3) is 0 Å². The monoisotopic (exact) mass is 318 g/mol. The quantitative estimate of drug-likeness (QED) is 0.793. The molecule has 1 aliphatic rings. The first-order chi connectivity index (χ1) is 9.28. The van der Waals surface area contributed by atoms with Crippen molar-refractivity contribution in [2.45, 2.75) is 30.9 Å². The van der Waals surface area contributed by atoms with Crippen LogP contribution in [0.15, 0.2) is 9.72 Å². The molecule has 0 bridgehead atoms. The first-order valence-corrected chi connectivity index (χ1v) is 8.62. The number of rotatable bonds is 3. The highest BCUT2D eigenvalue weighted by molar-refractivity contribution is 7.91. The fraction of sp³-hybridized carbons (Fsp3) is 0.667. The van der Waals surface area contributed by atoms with Gasteiger partial charge in [-0.3, -0.25) is 0 Å². The zero-order valence-corrected chi connectivity index (χ0v) is 13.4. The topological polar surface area (TPSA) is 76.6 Å². The summed E-state index contributed by atoms with van der Waals surface area (Å²) in [6, 6.07) is 0. The lowest BCUT2D eigenvalue weighted by molar-refractivity contribution is 0.0590. The molecule has 2 rings (SSSR count). The lowest BCUT2D eigenvalue weighted by atomic mass is 9.85. The number of carbonyl (C=O) groups is 1. The van der Waals surface area contributed by atoms with Crippen molar-refractivity contribution >= 4 is 27.3 Å². The SMILES string of the molecule is COC(=O)c1ncsc1S(=O)(=O)N1CCCC(C)(C)C1. The summed E-state index contributed by atoms with van der Waals surface area (Å²) < 4.78 is 31.3. The molecule has 1 aromatic heterocycles. The Hall–Kier alpha value is -0.990. The molecule has 1 aromatic rings. The number of piperidine rings is 1. The molecular formula is C12H18N2O4S2. The number of aromatic nitrogens is 1. The van der Waals surface area contributed by atoms with Gasteiger partial charge in [0.2, 0.25) is 0 Å². The maximum Gasteiger partial charge on any atom is 0.358 e. The zero-order chi connectivity index (χ0) is 15.0. The van der Waals surface area contributed by atoms with Crippen LogP contribution < -0.4 is 0 Å². The van der Waals surface area contributed by atoms with Crippen molar-refractivity contribution in [3.05, 3.63) is 11.2 Å². The van der Waals surface area contributed by atoms with Crippen molar-refractivity contribution in [2.75, 3.05) is 20.2 Å². The third-order valence-corrected chi connectivity index (χ3v) is 6.55. The number of methoxy groups -OCH3 is 1. The first kappa shape index (κ1) is 15.4. The molecule has 0 spiro atoms. The number of hydrogen-bond donors (Lipinski definition) is 0. The Morgan fingerprint density at radius 3 is 2.80 bits per heavy atom. The molecule has 1 fully saturated rings. The second-order valence-electron chi connectivity index (χ2n) is 5.59. The van der Waals surface area contributed by atoms with Crippen LogP contribution in [-0.4, -0.2) is 43.9 Å². The normalized spacial score (nSPS) is 19.8. The Bertz CT molecular complexity index is 607. The highest BCUT2D eigenvalue weighted by Gasteiger charge is 2.37. The molecular weight excluding hydrogens is 300 g/mol. The molecule has 0 aliphatic carbocycles. The fourth-order valence-corrected chi connectivity index (χ4v) is 5.28. The van der Waals surface area contributed by atoms with E-state index in [2.05, 4.69) is 9.72 Å². The Morgan fingerprint density at radius 2 is 2.20 bits per heavy atom. The maximum absolute atomic E-state index is 12.7. The van der Waals surface area contributed by atoms with Crippen LogP contribution in [0.5, 0.6) is 0 Å². The highest BCUT2D eigenvalue weighted by Crippen LogP contribution is 2.33. The fourth-order valence-electron chi connectivity index (χ4n) is 2.34. The summed E-state index contributed by atoms with van der Waals surface area (Å²) in [5.41, 5.74) is 1.18. The van der Waals surface area contributed by atoms with E-state index < -0.39 is 16.0 Å². The number of nitrogens with zero attached hydrogens (tertiary/aromatic N) is 2. The van der Waals surface area contributed by atoms with Crippen molar-refractivity contribution < 1.29 is 17.9 Å². The van der Waals surface area contributed by atoms with Gasteiger partial charge in [0, 0.05) is 13.1 Å². The largest absolute Gasteiger partial charge is 0.464 e. The molecule has 0 N–H and O–H groups in total. The van der Waals surface area contributed by atoms with Crippen LogP contribution >= 0.6 is 11.3 Å². The standard InChI is InChI=1S/C12H18N2O4S2/c1-12(2)5-4-6-14(7-12)20(16,17)11-9(10(15)18-3)13-8-19-11/h8H,4-7H2,1-3H3. The van der Waals surface area contributed by atoms with Gasteiger partial charge >= 0.3 is 5.97 Å². The zero-order valence-electron chi connectivity index (χ0n) is 11.7. The lowest BCUT2D eigenvalue weighted by Gasteiger charge is -2.36. The van der Waals surface area contributed by atoms with Crippen molar-refractivity contribution in [2.24, 2.45) is 5.41 Å². The Labute approximate surface area is 122 Å². The minimum atomic E-state index is -3.69. The van der Waals surface area contributed by atoms with Crippen LogP contribution in [0.1, 0.15) is 37.2 Å². The van der Waals surface area contributed by atoms with Gasteiger partial charge in [0.25, 0.3) is 10.0 Å². The smallest absolute Gasteiger partial charge is 0.358 e. The second-order valence-corrected chi connectivity index (χ2v) is 8.57. The minimum Gasteiger partial charge on any atom is -0.464 e. The highest BCUT2D eigenvalue weighted by atomic mass is 32.2. The Morgan fingerprint density at radius 1 is 1.50 bits per heavy atom. The Kier molecular flexibility index (Phi) is 4.17. The van der Waals surface area contributed by atoms with E-state index in [4.69, 9.17) is 0 Å². The molecule has 8 heteroatoms. The lowest BCUT2D eigenvalue weighted by Crippen LogP contribution is -2.43. The van der Waals surface area contributed by atoms with Crippen LogP contribution in [0.2, 0.25) is 0 Å². The molecule has 0 saturated carbocycles. The number of esters is 1. The van der Waals surface area contributed by atoms with Gasteiger partial charge in [-0.1, -0.05) is 13.8 Å². The van der Waals surface area contributed by atoms with Crippen LogP contribution in [0, 0.1) is 5.41 Å². The molecule has 0 amide bonds. The number of thiazole rings is 1. The van der Waals surface area contributed by atoms with Gasteiger partial charge in [-0.25, -0.2) is 18.2 Å². The van der Waals surface area contributed by atoms with Crippen molar-refractivity contribution in [1.29, 1.82) is 0 Å². The van der Waals surface area contributed by atoms with Gasteiger partial charge < -0.3 is 4.74 Å². The van der Waals surface area contributed by atoms with Crippen LogP contribution in [0.3, 0.4) is 0 Å². The Balaban J connectivity index is 2.36. The molecule has 1 aliphatic heterocycles. The minimum absolute atomic E-state index is 0.0259. The summed E-state index contributed by atoms with van der Waals surface area (Å²) in [4.78, 5) is 15.4. The van der Waals surface area contributed by atoms with Gasteiger partial charge in [-0.15, -0.1) is 11.3 Å². The predicted molar refractivity (Wildman–Crippen MR) is 75.2 cm³/mol. The molecule has 0 aromatic carbocycles. The van der Waals surface area contributed by atoms with Crippen molar-refractivity contribution in [1.82, 2.24) is 9.29 Å². The molecule has 0 unspecified atom stereocenters. The molecule has 0 radical (unpaired) electrons. The number of carbonyl (C=O) groups excluding carboxylic acids is 1. The number of ether oxygens (including phenoxy) is 1. The molecule has 2 heterocycles. The average molecular weight is 318 g/mol. The molecule has 0 atom stereocenters. The van der Waals surface area contributed by atoms with Crippen LogP contribution in [0.4, 0.5) is 0 Å². The predicted octanol–water partition coefficient (Wildman–Crippen LogP) is 1.74.